The van der Waals surface area contributed by atoms with E-state index in [9.17, 15) is 4.79 Å². The topological polar surface area (TPSA) is 65.4 Å². The van der Waals surface area contributed by atoms with Gasteiger partial charge in [-0.1, -0.05) is 12.1 Å². The lowest BCUT2D eigenvalue weighted by Crippen LogP contribution is -2.33. The highest BCUT2D eigenvalue weighted by Crippen LogP contribution is 2.31. The van der Waals surface area contributed by atoms with Gasteiger partial charge in [0.2, 0.25) is 0 Å². The second-order valence-electron chi connectivity index (χ2n) is 5.41. The van der Waals surface area contributed by atoms with E-state index in [1.54, 1.807) is 23.1 Å². The summed E-state index contributed by atoms with van der Waals surface area (Å²) in [6.45, 7) is 1.01. The van der Waals surface area contributed by atoms with Gasteiger partial charge in [-0.15, -0.1) is 0 Å². The van der Waals surface area contributed by atoms with Crippen molar-refractivity contribution in [3.63, 3.8) is 0 Å². The number of carbonyl (C=O) groups excluding carboxylic acids is 1. The van der Waals surface area contributed by atoms with Crippen LogP contribution in [0.3, 0.4) is 0 Å². The molecule has 0 fully saturated rings. The van der Waals surface area contributed by atoms with E-state index in [4.69, 9.17) is 9.47 Å². The van der Waals surface area contributed by atoms with E-state index in [0.717, 1.165) is 11.5 Å². The van der Waals surface area contributed by atoms with Crippen molar-refractivity contribution in [3.8, 4) is 11.5 Å². The Morgan fingerprint density at radius 1 is 1.33 bits per heavy atom. The van der Waals surface area contributed by atoms with E-state index in [1.807, 2.05) is 35.0 Å². The van der Waals surface area contributed by atoms with Crippen molar-refractivity contribution < 1.29 is 14.3 Å². The van der Waals surface area contributed by atoms with Gasteiger partial charge in [0.05, 0.1) is 24.0 Å². The van der Waals surface area contributed by atoms with Crippen molar-refractivity contribution in [3.05, 3.63) is 59.0 Å². The van der Waals surface area contributed by atoms with Crippen LogP contribution in [0.15, 0.2) is 53.5 Å². The Bertz CT molecular complexity index is 844. The zero-order chi connectivity index (χ0) is 16.4. The molecule has 3 heterocycles. The predicted octanol–water partition coefficient (Wildman–Crippen LogP) is 3.04. The van der Waals surface area contributed by atoms with Crippen LogP contribution in [0, 0.1) is 0 Å². The van der Waals surface area contributed by atoms with Gasteiger partial charge in [0.25, 0.3) is 5.91 Å². The van der Waals surface area contributed by atoms with Gasteiger partial charge >= 0.3 is 0 Å². The van der Waals surface area contributed by atoms with Crippen LogP contribution in [0.1, 0.15) is 10.4 Å². The third-order valence-corrected chi connectivity index (χ3v) is 4.32. The Morgan fingerprint density at radius 3 is 3.04 bits per heavy atom. The predicted molar refractivity (Wildman–Crippen MR) is 90.9 cm³/mol. The molecule has 7 heteroatoms. The molecule has 0 spiro atoms. The first-order chi connectivity index (χ1) is 11.8. The van der Waals surface area contributed by atoms with Crippen molar-refractivity contribution in [1.29, 1.82) is 0 Å². The number of amides is 1. The second kappa shape index (κ2) is 6.37. The fourth-order valence-corrected chi connectivity index (χ4v) is 3.12. The number of rotatable bonds is 4. The van der Waals surface area contributed by atoms with Crippen LogP contribution in [0.4, 0.5) is 5.69 Å². The Hall–Kier alpha value is -2.80. The molecule has 0 saturated carbocycles. The normalized spacial score (nSPS) is 15.9. The van der Waals surface area contributed by atoms with Crippen LogP contribution in [-0.2, 0) is 6.54 Å². The quantitative estimate of drug-likeness (QED) is 0.792. The lowest BCUT2D eigenvalue weighted by molar-refractivity contribution is 0.0759. The number of carbonyl (C=O) groups is 1. The third kappa shape index (κ3) is 3.11. The van der Waals surface area contributed by atoms with E-state index in [-0.39, 0.29) is 12.0 Å². The highest BCUT2D eigenvalue weighted by Gasteiger charge is 2.21. The molecule has 0 unspecified atom stereocenters. The molecule has 1 N–H and O–H groups in total. The summed E-state index contributed by atoms with van der Waals surface area (Å²) in [5.74, 6) is 1.37. The molecule has 0 saturated heterocycles. The van der Waals surface area contributed by atoms with Gasteiger partial charge in [0.15, 0.2) is 17.6 Å². The van der Waals surface area contributed by atoms with Gasteiger partial charge in [-0.2, -0.15) is 16.4 Å². The minimum Gasteiger partial charge on any atom is -0.486 e. The number of nitrogens with one attached hydrogen (secondary N) is 1. The van der Waals surface area contributed by atoms with Gasteiger partial charge in [-0.25, -0.2) is 0 Å². The number of benzene rings is 1. The van der Waals surface area contributed by atoms with Crippen molar-refractivity contribution in [2.24, 2.45) is 0 Å². The fourth-order valence-electron chi connectivity index (χ4n) is 2.49. The van der Waals surface area contributed by atoms with E-state index in [1.165, 1.54) is 11.3 Å². The van der Waals surface area contributed by atoms with Crippen LogP contribution in [0.25, 0.3) is 0 Å². The number of thiophene rings is 1. The molecule has 24 heavy (non-hydrogen) atoms. The van der Waals surface area contributed by atoms with Crippen LogP contribution >= 0.6 is 11.3 Å². The summed E-state index contributed by atoms with van der Waals surface area (Å²) in [6.07, 6.45) is 3.29. The number of fused-ring (bicyclic) bond motifs is 1. The smallest absolute Gasteiger partial charge is 0.256 e. The molecule has 0 aliphatic carbocycles. The summed E-state index contributed by atoms with van der Waals surface area (Å²) in [6, 6.07) is 9.39. The average molecular weight is 341 g/mol. The molecule has 122 valence electrons. The van der Waals surface area contributed by atoms with Crippen LogP contribution in [-0.4, -0.2) is 28.4 Å². The SMILES string of the molecule is O=C(Nc1cnn(C[C@@H]2COc3ccccc3O2)c1)c1ccsc1. The van der Waals surface area contributed by atoms with Gasteiger partial charge in [-0.3, -0.25) is 9.48 Å². The molecule has 1 aliphatic heterocycles. The zero-order valence-corrected chi connectivity index (χ0v) is 13.5. The average Bonchev–Trinajstić information content (AvgIpc) is 3.27. The lowest BCUT2D eigenvalue weighted by Gasteiger charge is -2.26. The molecule has 0 radical (unpaired) electrons. The molecule has 1 aromatic carbocycles. The van der Waals surface area contributed by atoms with Crippen molar-refractivity contribution in [2.45, 2.75) is 12.6 Å². The fraction of sp³-hybridized carbons (Fsp3) is 0.176. The molecule has 4 rings (SSSR count). The molecule has 1 atom stereocenters. The molecule has 0 bridgehead atoms. The summed E-state index contributed by atoms with van der Waals surface area (Å²) in [4.78, 5) is 12.0. The Balaban J connectivity index is 1.38. The maximum atomic E-state index is 12.0. The van der Waals surface area contributed by atoms with Crippen molar-refractivity contribution in [2.75, 3.05) is 11.9 Å². The number of para-hydroxylation sites is 2. The van der Waals surface area contributed by atoms with Crippen LogP contribution < -0.4 is 14.8 Å². The molecule has 6 nitrogen and oxygen atoms in total. The lowest BCUT2D eigenvalue weighted by atomic mass is 10.2. The van der Waals surface area contributed by atoms with E-state index >= 15 is 0 Å². The van der Waals surface area contributed by atoms with E-state index < -0.39 is 0 Å². The van der Waals surface area contributed by atoms with Crippen LogP contribution in [0.2, 0.25) is 0 Å². The number of aromatic nitrogens is 2. The molecular formula is C17H15N3O3S. The van der Waals surface area contributed by atoms with E-state index in [2.05, 4.69) is 10.4 Å². The number of anilines is 1. The summed E-state index contributed by atoms with van der Waals surface area (Å²) in [5, 5.41) is 10.8. The first-order valence-corrected chi connectivity index (χ1v) is 8.47. The summed E-state index contributed by atoms with van der Waals surface area (Å²) in [5.41, 5.74) is 1.30. The largest absolute Gasteiger partial charge is 0.486 e. The number of hydrogen-bond donors (Lipinski definition) is 1. The van der Waals surface area contributed by atoms with Crippen molar-refractivity contribution >= 4 is 22.9 Å². The minimum absolute atomic E-state index is 0.125. The highest BCUT2D eigenvalue weighted by atomic mass is 32.1. The summed E-state index contributed by atoms with van der Waals surface area (Å²) >= 11 is 1.49. The molecular weight excluding hydrogens is 326 g/mol. The van der Waals surface area contributed by atoms with Crippen molar-refractivity contribution in [1.82, 2.24) is 9.78 Å². The Kier molecular flexibility index (Phi) is 3.92. The molecule has 1 amide bonds. The van der Waals surface area contributed by atoms with Gasteiger partial charge in [0.1, 0.15) is 6.61 Å². The molecule has 3 aromatic rings. The maximum absolute atomic E-state index is 12.0. The number of ether oxygens (including phenoxy) is 2. The van der Waals surface area contributed by atoms with Gasteiger partial charge in [0, 0.05) is 11.6 Å². The number of hydrogen-bond acceptors (Lipinski definition) is 5. The zero-order valence-electron chi connectivity index (χ0n) is 12.7. The maximum Gasteiger partial charge on any atom is 0.256 e. The molecule has 2 aromatic heterocycles. The summed E-state index contributed by atoms with van der Waals surface area (Å²) in [7, 11) is 0. The second-order valence-corrected chi connectivity index (χ2v) is 6.19. The first-order valence-electron chi connectivity index (χ1n) is 7.52. The first kappa shape index (κ1) is 14.8. The van der Waals surface area contributed by atoms with Crippen LogP contribution in [0.5, 0.6) is 11.5 Å². The summed E-state index contributed by atoms with van der Waals surface area (Å²) < 4.78 is 13.3. The Morgan fingerprint density at radius 2 is 2.21 bits per heavy atom. The monoisotopic (exact) mass is 341 g/mol. The van der Waals surface area contributed by atoms with Gasteiger partial charge < -0.3 is 14.8 Å². The highest BCUT2D eigenvalue weighted by molar-refractivity contribution is 7.08. The molecule has 1 aliphatic rings. The van der Waals surface area contributed by atoms with Gasteiger partial charge in [-0.05, 0) is 23.6 Å². The standard InChI is InChI=1S/C17H15N3O3S/c21-17(12-5-6-24-11-12)19-13-7-18-20(8-13)9-14-10-22-15-3-1-2-4-16(15)23-14/h1-8,11,14H,9-10H2,(H,19,21)/t14-/m1/s1. The minimum atomic E-state index is -0.137. The number of nitrogens with zero attached hydrogens (tertiary/aromatic N) is 2. The third-order valence-electron chi connectivity index (χ3n) is 3.63. The van der Waals surface area contributed by atoms with E-state index in [0.29, 0.717) is 24.4 Å². The Labute approximate surface area is 142 Å².